The van der Waals surface area contributed by atoms with E-state index in [1.165, 1.54) is 11.3 Å². The van der Waals surface area contributed by atoms with E-state index in [2.05, 4.69) is 15.0 Å². The van der Waals surface area contributed by atoms with Gasteiger partial charge in [0.1, 0.15) is 12.0 Å². The molecule has 0 spiro atoms. The van der Waals surface area contributed by atoms with Gasteiger partial charge < -0.3 is 9.64 Å². The molecule has 1 aliphatic heterocycles. The van der Waals surface area contributed by atoms with Crippen LogP contribution in [-0.4, -0.2) is 52.1 Å². The maximum Gasteiger partial charge on any atom is 0.273 e. The molecule has 22 heavy (non-hydrogen) atoms. The molecule has 0 saturated carbocycles. The van der Waals surface area contributed by atoms with Gasteiger partial charge in [-0.15, -0.1) is 11.3 Å². The van der Waals surface area contributed by atoms with Crippen LogP contribution in [0.2, 0.25) is 0 Å². The molecular formula is C15H18N4O2S. The van der Waals surface area contributed by atoms with Crippen molar-refractivity contribution in [3.63, 3.8) is 0 Å². The first kappa shape index (κ1) is 15.1. The Bertz CT molecular complexity index is 632. The maximum atomic E-state index is 12.5. The Morgan fingerprint density at radius 1 is 1.45 bits per heavy atom. The summed E-state index contributed by atoms with van der Waals surface area (Å²) in [5.74, 6) is 0.218. The molecule has 1 amide bonds. The Morgan fingerprint density at radius 3 is 3.14 bits per heavy atom. The first-order chi connectivity index (χ1) is 10.7. The van der Waals surface area contributed by atoms with E-state index in [4.69, 9.17) is 4.74 Å². The Labute approximate surface area is 133 Å². The van der Waals surface area contributed by atoms with Crippen LogP contribution in [0, 0.1) is 12.8 Å². The molecule has 0 radical (unpaired) electrons. The van der Waals surface area contributed by atoms with Gasteiger partial charge in [-0.2, -0.15) is 0 Å². The van der Waals surface area contributed by atoms with Gasteiger partial charge in [-0.3, -0.25) is 4.79 Å². The minimum atomic E-state index is -0.0179. The number of thiazole rings is 1. The van der Waals surface area contributed by atoms with E-state index in [1.54, 1.807) is 17.2 Å². The van der Waals surface area contributed by atoms with Gasteiger partial charge in [0.15, 0.2) is 0 Å². The molecule has 0 N–H and O–H groups in total. The predicted molar refractivity (Wildman–Crippen MR) is 82.8 cm³/mol. The van der Waals surface area contributed by atoms with Crippen LogP contribution in [0.1, 0.15) is 21.9 Å². The Morgan fingerprint density at radius 2 is 2.36 bits per heavy atom. The summed E-state index contributed by atoms with van der Waals surface area (Å²) in [5, 5.41) is 1.79. The quantitative estimate of drug-likeness (QED) is 0.859. The van der Waals surface area contributed by atoms with Crippen molar-refractivity contribution in [2.45, 2.75) is 13.3 Å². The molecular weight excluding hydrogens is 300 g/mol. The fraction of sp³-hybridized carbons (Fsp3) is 0.467. The molecule has 0 bridgehead atoms. The summed E-state index contributed by atoms with van der Waals surface area (Å²) in [6, 6.07) is 1.98. The van der Waals surface area contributed by atoms with Crippen molar-refractivity contribution in [2.75, 3.05) is 26.3 Å². The lowest BCUT2D eigenvalue weighted by molar-refractivity contribution is 0.0732. The summed E-state index contributed by atoms with van der Waals surface area (Å²) in [6.07, 6.45) is 2.37. The predicted octanol–water partition coefficient (Wildman–Crippen LogP) is 1.57. The number of amides is 1. The molecule has 1 atom stereocenters. The summed E-state index contributed by atoms with van der Waals surface area (Å²) < 4.78 is 5.65. The smallest absolute Gasteiger partial charge is 0.273 e. The van der Waals surface area contributed by atoms with Crippen molar-refractivity contribution >= 4 is 17.2 Å². The summed E-state index contributed by atoms with van der Waals surface area (Å²) in [5.41, 5.74) is 4.14. The summed E-state index contributed by atoms with van der Waals surface area (Å²) in [6.45, 7) is 4.43. The number of hydrogen-bond acceptors (Lipinski definition) is 6. The van der Waals surface area contributed by atoms with E-state index >= 15 is 0 Å². The lowest BCUT2D eigenvalue weighted by atomic mass is 10.0. The van der Waals surface area contributed by atoms with Crippen molar-refractivity contribution in [3.05, 3.63) is 40.4 Å². The molecule has 3 rings (SSSR count). The highest BCUT2D eigenvalue weighted by molar-refractivity contribution is 7.07. The second-order valence-corrected chi connectivity index (χ2v) is 6.14. The van der Waals surface area contributed by atoms with Gasteiger partial charge >= 0.3 is 0 Å². The van der Waals surface area contributed by atoms with Gasteiger partial charge in [-0.1, -0.05) is 0 Å². The van der Waals surface area contributed by atoms with Gasteiger partial charge in [0.25, 0.3) is 5.91 Å². The second-order valence-electron chi connectivity index (χ2n) is 5.42. The molecule has 0 aliphatic carbocycles. The van der Waals surface area contributed by atoms with Gasteiger partial charge in [0.05, 0.1) is 18.7 Å². The fourth-order valence-electron chi connectivity index (χ4n) is 2.59. The van der Waals surface area contributed by atoms with E-state index in [-0.39, 0.29) is 11.8 Å². The molecule has 1 saturated heterocycles. The molecule has 2 aromatic rings. The highest BCUT2D eigenvalue weighted by atomic mass is 32.1. The Hall–Kier alpha value is -1.86. The zero-order chi connectivity index (χ0) is 15.4. The van der Waals surface area contributed by atoms with Crippen LogP contribution in [0.15, 0.2) is 23.3 Å². The summed E-state index contributed by atoms with van der Waals surface area (Å²) in [7, 11) is 0. The van der Waals surface area contributed by atoms with Crippen LogP contribution in [0.5, 0.6) is 0 Å². The molecule has 2 aromatic heterocycles. The third-order valence-corrected chi connectivity index (χ3v) is 4.22. The van der Waals surface area contributed by atoms with Gasteiger partial charge in [0, 0.05) is 35.8 Å². The van der Waals surface area contributed by atoms with E-state index in [9.17, 15) is 4.79 Å². The minimum absolute atomic E-state index is 0.0179. The molecule has 116 valence electrons. The van der Waals surface area contributed by atoms with Crippen LogP contribution in [0.3, 0.4) is 0 Å². The van der Waals surface area contributed by atoms with E-state index in [1.807, 2.05) is 17.9 Å². The lowest BCUT2D eigenvalue weighted by Crippen LogP contribution is -2.36. The standard InChI is InChI=1S/C15H18N4O2S/c1-11-4-13(17-9-16-11)5-12-6-19(2-3-21-7-12)15(20)14-8-22-10-18-14/h4,8-10,12H,2-3,5-7H2,1H3/t12-/m1/s1. The van der Waals surface area contributed by atoms with Crippen molar-refractivity contribution in [2.24, 2.45) is 5.92 Å². The molecule has 1 fully saturated rings. The van der Waals surface area contributed by atoms with Crippen LogP contribution in [0.4, 0.5) is 0 Å². The maximum absolute atomic E-state index is 12.5. The van der Waals surface area contributed by atoms with Crippen LogP contribution < -0.4 is 0 Å². The minimum Gasteiger partial charge on any atom is -0.379 e. The van der Waals surface area contributed by atoms with Gasteiger partial charge in [-0.05, 0) is 19.4 Å². The number of carbonyl (C=O) groups is 1. The lowest BCUT2D eigenvalue weighted by Gasteiger charge is -2.22. The number of hydrogen-bond donors (Lipinski definition) is 0. The highest BCUT2D eigenvalue weighted by Gasteiger charge is 2.24. The number of aryl methyl sites for hydroxylation is 1. The van der Waals surface area contributed by atoms with Crippen LogP contribution >= 0.6 is 11.3 Å². The Balaban J connectivity index is 1.68. The number of rotatable bonds is 3. The summed E-state index contributed by atoms with van der Waals surface area (Å²) >= 11 is 1.44. The number of ether oxygens (including phenoxy) is 1. The van der Waals surface area contributed by atoms with Gasteiger partial charge in [0.2, 0.25) is 0 Å². The van der Waals surface area contributed by atoms with E-state index in [0.717, 1.165) is 17.8 Å². The SMILES string of the molecule is Cc1cc(C[C@H]2COCCN(C(=O)c3cscn3)C2)ncn1. The average Bonchev–Trinajstić information content (AvgIpc) is 2.94. The van der Waals surface area contributed by atoms with Crippen molar-refractivity contribution < 1.29 is 9.53 Å². The third-order valence-electron chi connectivity index (χ3n) is 3.63. The average molecular weight is 318 g/mol. The normalized spacial score (nSPS) is 19.0. The van der Waals surface area contributed by atoms with Crippen molar-refractivity contribution in [3.8, 4) is 0 Å². The van der Waals surface area contributed by atoms with Crippen molar-refractivity contribution in [1.29, 1.82) is 0 Å². The first-order valence-electron chi connectivity index (χ1n) is 7.25. The Kier molecular flexibility index (Phi) is 4.74. The zero-order valence-electron chi connectivity index (χ0n) is 12.4. The van der Waals surface area contributed by atoms with Crippen LogP contribution in [-0.2, 0) is 11.2 Å². The monoisotopic (exact) mass is 318 g/mol. The van der Waals surface area contributed by atoms with E-state index in [0.29, 0.717) is 32.0 Å². The topological polar surface area (TPSA) is 68.2 Å². The fourth-order valence-corrected chi connectivity index (χ4v) is 3.11. The number of carbonyl (C=O) groups excluding carboxylic acids is 1. The zero-order valence-corrected chi connectivity index (χ0v) is 13.3. The van der Waals surface area contributed by atoms with E-state index < -0.39 is 0 Å². The first-order valence-corrected chi connectivity index (χ1v) is 8.19. The largest absolute Gasteiger partial charge is 0.379 e. The number of nitrogens with zero attached hydrogens (tertiary/aromatic N) is 4. The summed E-state index contributed by atoms with van der Waals surface area (Å²) in [4.78, 5) is 26.8. The third kappa shape index (κ3) is 3.66. The molecule has 7 heteroatoms. The highest BCUT2D eigenvalue weighted by Crippen LogP contribution is 2.15. The molecule has 0 unspecified atom stereocenters. The van der Waals surface area contributed by atoms with Crippen molar-refractivity contribution in [1.82, 2.24) is 19.9 Å². The van der Waals surface area contributed by atoms with Crippen LogP contribution in [0.25, 0.3) is 0 Å². The molecule has 1 aliphatic rings. The molecule has 0 aromatic carbocycles. The molecule has 6 nitrogen and oxygen atoms in total. The number of aromatic nitrogens is 3. The molecule has 3 heterocycles. The van der Waals surface area contributed by atoms with Gasteiger partial charge in [-0.25, -0.2) is 15.0 Å². The second kappa shape index (κ2) is 6.93.